The molecule has 3 heteroatoms. The maximum Gasteiger partial charge on any atom is 0.0223 e. The van der Waals surface area contributed by atoms with Gasteiger partial charge in [0.05, 0.1) is 0 Å². The van der Waals surface area contributed by atoms with Crippen LogP contribution in [-0.2, 0) is 0 Å². The SMILES string of the molecule is CNNC1CCCC(Br)C1. The Balaban J connectivity index is 2.18. The molecule has 0 amide bonds. The first-order valence-corrected chi connectivity index (χ1v) is 4.81. The number of alkyl halides is 1. The molecule has 2 nitrogen and oxygen atoms in total. The van der Waals surface area contributed by atoms with Crippen LogP contribution in [0, 0.1) is 0 Å². The summed E-state index contributed by atoms with van der Waals surface area (Å²) < 4.78 is 0. The molecule has 0 heterocycles. The van der Waals surface area contributed by atoms with Crippen LogP contribution < -0.4 is 10.9 Å². The van der Waals surface area contributed by atoms with Gasteiger partial charge in [-0.2, -0.15) is 0 Å². The third kappa shape index (κ3) is 2.56. The van der Waals surface area contributed by atoms with Crippen LogP contribution in [0.3, 0.4) is 0 Å². The van der Waals surface area contributed by atoms with E-state index in [9.17, 15) is 0 Å². The second-order valence-corrected chi connectivity index (χ2v) is 4.15. The highest BCUT2D eigenvalue weighted by Crippen LogP contribution is 2.23. The zero-order chi connectivity index (χ0) is 7.40. The molecule has 0 aliphatic heterocycles. The topological polar surface area (TPSA) is 24.1 Å². The van der Waals surface area contributed by atoms with Crippen LogP contribution >= 0.6 is 15.9 Å². The first-order valence-electron chi connectivity index (χ1n) is 3.89. The fourth-order valence-electron chi connectivity index (χ4n) is 1.47. The molecule has 1 saturated carbocycles. The summed E-state index contributed by atoms with van der Waals surface area (Å²) in [6, 6.07) is 0.670. The van der Waals surface area contributed by atoms with Crippen molar-refractivity contribution in [2.24, 2.45) is 0 Å². The van der Waals surface area contributed by atoms with Crippen LogP contribution in [0.5, 0.6) is 0 Å². The van der Waals surface area contributed by atoms with Crippen molar-refractivity contribution in [3.8, 4) is 0 Å². The number of hydrazine groups is 1. The quantitative estimate of drug-likeness (QED) is 0.528. The van der Waals surface area contributed by atoms with Gasteiger partial charge in [0, 0.05) is 10.9 Å². The smallest absolute Gasteiger partial charge is 0.0223 e. The van der Waals surface area contributed by atoms with E-state index in [1.165, 1.54) is 25.7 Å². The number of hydrogen-bond acceptors (Lipinski definition) is 2. The summed E-state index contributed by atoms with van der Waals surface area (Å²) in [7, 11) is 1.93. The molecule has 0 radical (unpaired) electrons. The minimum atomic E-state index is 0.670. The Kier molecular flexibility index (Phi) is 3.66. The number of hydrogen-bond donors (Lipinski definition) is 2. The Morgan fingerprint density at radius 3 is 2.80 bits per heavy atom. The van der Waals surface area contributed by atoms with E-state index < -0.39 is 0 Å². The fourth-order valence-corrected chi connectivity index (χ4v) is 2.24. The van der Waals surface area contributed by atoms with E-state index in [-0.39, 0.29) is 0 Å². The van der Waals surface area contributed by atoms with Crippen molar-refractivity contribution in [1.82, 2.24) is 10.9 Å². The van der Waals surface area contributed by atoms with E-state index in [1.807, 2.05) is 7.05 Å². The third-order valence-corrected chi connectivity index (χ3v) is 2.79. The van der Waals surface area contributed by atoms with Crippen LogP contribution in [-0.4, -0.2) is 17.9 Å². The van der Waals surface area contributed by atoms with Gasteiger partial charge in [0.2, 0.25) is 0 Å². The van der Waals surface area contributed by atoms with Crippen LogP contribution in [0.25, 0.3) is 0 Å². The molecular weight excluding hydrogens is 192 g/mol. The van der Waals surface area contributed by atoms with Crippen molar-refractivity contribution in [3.63, 3.8) is 0 Å². The number of halogens is 1. The van der Waals surface area contributed by atoms with Gasteiger partial charge in [0.1, 0.15) is 0 Å². The molecule has 1 aliphatic rings. The van der Waals surface area contributed by atoms with Crippen LogP contribution in [0.1, 0.15) is 25.7 Å². The maximum absolute atomic E-state index is 3.63. The van der Waals surface area contributed by atoms with E-state index in [0.29, 0.717) is 6.04 Å². The minimum absolute atomic E-state index is 0.670. The van der Waals surface area contributed by atoms with Gasteiger partial charge in [-0.15, -0.1) is 0 Å². The van der Waals surface area contributed by atoms with Gasteiger partial charge in [-0.25, -0.2) is 0 Å². The predicted octanol–water partition coefficient (Wildman–Crippen LogP) is 1.42. The summed E-state index contributed by atoms with van der Waals surface area (Å²) in [6.45, 7) is 0. The molecule has 2 N–H and O–H groups in total. The molecule has 0 saturated heterocycles. The second-order valence-electron chi connectivity index (χ2n) is 2.86. The van der Waals surface area contributed by atoms with Crippen molar-refractivity contribution in [1.29, 1.82) is 0 Å². The Labute approximate surface area is 70.9 Å². The lowest BCUT2D eigenvalue weighted by atomic mass is 9.96. The maximum atomic E-state index is 3.63. The molecule has 0 aromatic rings. The van der Waals surface area contributed by atoms with Gasteiger partial charge >= 0.3 is 0 Å². The third-order valence-electron chi connectivity index (χ3n) is 1.96. The molecule has 0 spiro atoms. The highest BCUT2D eigenvalue weighted by molar-refractivity contribution is 9.09. The Morgan fingerprint density at radius 2 is 2.20 bits per heavy atom. The van der Waals surface area contributed by atoms with Gasteiger partial charge in [0.15, 0.2) is 0 Å². The van der Waals surface area contributed by atoms with Gasteiger partial charge in [0.25, 0.3) is 0 Å². The summed E-state index contributed by atoms with van der Waals surface area (Å²) in [6.07, 6.45) is 5.24. The highest BCUT2D eigenvalue weighted by Gasteiger charge is 2.18. The average molecular weight is 207 g/mol. The Hall–Kier alpha value is 0.400. The summed E-state index contributed by atoms with van der Waals surface area (Å²) in [5.41, 5.74) is 6.22. The lowest BCUT2D eigenvalue weighted by molar-refractivity contribution is 0.356. The first kappa shape index (κ1) is 8.50. The second kappa shape index (κ2) is 4.31. The summed E-state index contributed by atoms with van der Waals surface area (Å²) in [5.74, 6) is 0. The zero-order valence-corrected chi connectivity index (χ0v) is 7.95. The molecule has 1 rings (SSSR count). The molecular formula is C7H15BrN2. The average Bonchev–Trinajstić information content (AvgIpc) is 1.88. The van der Waals surface area contributed by atoms with Crippen LogP contribution in [0.4, 0.5) is 0 Å². The molecule has 0 aromatic carbocycles. The summed E-state index contributed by atoms with van der Waals surface area (Å²) in [5, 5.41) is 0. The van der Waals surface area contributed by atoms with Crippen LogP contribution in [0.15, 0.2) is 0 Å². The van der Waals surface area contributed by atoms with Crippen molar-refractivity contribution >= 4 is 15.9 Å². The lowest BCUT2D eigenvalue weighted by Crippen LogP contribution is -2.41. The van der Waals surface area contributed by atoms with E-state index in [4.69, 9.17) is 0 Å². The highest BCUT2D eigenvalue weighted by atomic mass is 79.9. The number of rotatable bonds is 2. The minimum Gasteiger partial charge on any atom is -0.261 e. The Morgan fingerprint density at radius 1 is 1.40 bits per heavy atom. The monoisotopic (exact) mass is 206 g/mol. The van der Waals surface area contributed by atoms with E-state index in [0.717, 1.165) is 4.83 Å². The molecule has 1 aliphatic carbocycles. The first-order chi connectivity index (χ1) is 4.83. The van der Waals surface area contributed by atoms with Gasteiger partial charge < -0.3 is 0 Å². The van der Waals surface area contributed by atoms with E-state index >= 15 is 0 Å². The molecule has 2 unspecified atom stereocenters. The molecule has 0 aromatic heterocycles. The summed E-state index contributed by atoms with van der Waals surface area (Å²) >= 11 is 3.63. The van der Waals surface area contributed by atoms with Gasteiger partial charge in [-0.1, -0.05) is 22.4 Å². The van der Waals surface area contributed by atoms with E-state index in [2.05, 4.69) is 26.8 Å². The van der Waals surface area contributed by atoms with Crippen molar-refractivity contribution in [2.75, 3.05) is 7.05 Å². The van der Waals surface area contributed by atoms with E-state index in [1.54, 1.807) is 0 Å². The predicted molar refractivity (Wildman–Crippen MR) is 47.2 cm³/mol. The van der Waals surface area contributed by atoms with Gasteiger partial charge in [-0.05, 0) is 26.3 Å². The Bertz CT molecular complexity index is 95.6. The van der Waals surface area contributed by atoms with Crippen molar-refractivity contribution in [2.45, 2.75) is 36.6 Å². The van der Waals surface area contributed by atoms with Crippen molar-refractivity contribution in [3.05, 3.63) is 0 Å². The number of nitrogens with one attached hydrogen (secondary N) is 2. The summed E-state index contributed by atoms with van der Waals surface area (Å²) in [4.78, 5) is 0.729. The van der Waals surface area contributed by atoms with Crippen molar-refractivity contribution < 1.29 is 0 Å². The fraction of sp³-hybridized carbons (Fsp3) is 1.00. The molecule has 0 bridgehead atoms. The normalized spacial score (nSPS) is 34.2. The molecule has 10 heavy (non-hydrogen) atoms. The lowest BCUT2D eigenvalue weighted by Gasteiger charge is -2.25. The molecule has 60 valence electrons. The standard InChI is InChI=1S/C7H15BrN2/c1-9-10-7-4-2-3-6(8)5-7/h6-7,9-10H,2-5H2,1H3. The van der Waals surface area contributed by atoms with Crippen LogP contribution in [0.2, 0.25) is 0 Å². The van der Waals surface area contributed by atoms with Gasteiger partial charge in [-0.3, -0.25) is 10.9 Å². The largest absolute Gasteiger partial charge is 0.261 e. The molecule has 2 atom stereocenters. The molecule has 1 fully saturated rings. The zero-order valence-electron chi connectivity index (χ0n) is 6.36.